The number of hydrogen-bond donors (Lipinski definition) is 1. The lowest BCUT2D eigenvalue weighted by molar-refractivity contribution is -0.116. The van der Waals surface area contributed by atoms with Gasteiger partial charge in [-0.3, -0.25) is 14.2 Å². The summed E-state index contributed by atoms with van der Waals surface area (Å²) in [5.74, 6) is -0.481. The second-order valence-electron chi connectivity index (χ2n) is 7.90. The highest BCUT2D eigenvalue weighted by atomic mass is 32.1. The Bertz CT molecular complexity index is 1390. The average molecular weight is 462 g/mol. The monoisotopic (exact) mass is 461 g/mol. The van der Waals surface area contributed by atoms with Gasteiger partial charge in [-0.15, -0.1) is 11.3 Å². The first-order chi connectivity index (χ1) is 15.9. The number of anilines is 1. The van der Waals surface area contributed by atoms with Crippen molar-refractivity contribution in [3.63, 3.8) is 0 Å². The van der Waals surface area contributed by atoms with Crippen molar-refractivity contribution in [1.82, 2.24) is 9.55 Å². The largest absolute Gasteiger partial charge is 0.465 e. The molecule has 0 aliphatic rings. The van der Waals surface area contributed by atoms with E-state index in [-0.39, 0.29) is 12.1 Å². The Morgan fingerprint density at radius 3 is 2.61 bits per heavy atom. The molecule has 0 aliphatic heterocycles. The second kappa shape index (κ2) is 9.38. The van der Waals surface area contributed by atoms with E-state index in [2.05, 4.69) is 36.3 Å². The number of thiophene rings is 1. The number of fused-ring (bicyclic) bond motifs is 1. The van der Waals surface area contributed by atoms with Crippen molar-refractivity contribution in [3.8, 4) is 11.1 Å². The summed E-state index contributed by atoms with van der Waals surface area (Å²) in [6.07, 6.45) is 1.39. The minimum atomic E-state index is -0.497. The van der Waals surface area contributed by atoms with Gasteiger partial charge in [0.05, 0.1) is 24.4 Å². The van der Waals surface area contributed by atoms with Gasteiger partial charge in [-0.05, 0) is 35.2 Å². The molecule has 2 heterocycles. The van der Waals surface area contributed by atoms with Gasteiger partial charge in [0.15, 0.2) is 0 Å². The molecule has 0 saturated heterocycles. The predicted molar refractivity (Wildman–Crippen MR) is 130 cm³/mol. The van der Waals surface area contributed by atoms with Crippen LogP contribution in [-0.4, -0.2) is 28.5 Å². The Morgan fingerprint density at radius 2 is 1.91 bits per heavy atom. The molecule has 33 heavy (non-hydrogen) atoms. The van der Waals surface area contributed by atoms with E-state index in [4.69, 9.17) is 4.74 Å². The van der Waals surface area contributed by atoms with Gasteiger partial charge < -0.3 is 10.1 Å². The third-order valence-corrected chi connectivity index (χ3v) is 6.22. The summed E-state index contributed by atoms with van der Waals surface area (Å²) < 4.78 is 5.99. The van der Waals surface area contributed by atoms with Crippen LogP contribution in [0.1, 0.15) is 35.7 Å². The number of ether oxygens (including phenoxy) is 1. The normalized spacial score (nSPS) is 11.0. The van der Waals surface area contributed by atoms with Crippen LogP contribution in [0.15, 0.2) is 65.0 Å². The maximum absolute atomic E-state index is 13.2. The number of amides is 1. The van der Waals surface area contributed by atoms with Crippen LogP contribution in [0.2, 0.25) is 0 Å². The minimum Gasteiger partial charge on any atom is -0.465 e. The number of hydrogen-bond acceptors (Lipinski definition) is 6. The van der Waals surface area contributed by atoms with Crippen molar-refractivity contribution in [1.29, 1.82) is 0 Å². The van der Waals surface area contributed by atoms with Crippen molar-refractivity contribution in [2.45, 2.75) is 26.3 Å². The molecule has 0 radical (unpaired) electrons. The zero-order valence-electron chi connectivity index (χ0n) is 18.5. The number of nitrogens with one attached hydrogen (secondary N) is 1. The molecule has 2 aromatic carbocycles. The molecule has 4 aromatic rings. The first kappa shape index (κ1) is 22.4. The van der Waals surface area contributed by atoms with E-state index in [1.54, 1.807) is 18.2 Å². The summed E-state index contributed by atoms with van der Waals surface area (Å²) in [4.78, 5) is 42.5. The Balaban J connectivity index is 1.60. The summed E-state index contributed by atoms with van der Waals surface area (Å²) in [6.45, 7) is 4.06. The van der Waals surface area contributed by atoms with Crippen LogP contribution in [0, 0.1) is 0 Å². The number of nitrogens with zero attached hydrogens (tertiary/aromatic N) is 2. The molecule has 1 amide bonds. The topological polar surface area (TPSA) is 90.3 Å². The van der Waals surface area contributed by atoms with Gasteiger partial charge in [0.1, 0.15) is 11.4 Å². The molecule has 8 heteroatoms. The summed E-state index contributed by atoms with van der Waals surface area (Å²) in [5.41, 5.74) is 3.45. The fourth-order valence-corrected chi connectivity index (χ4v) is 4.44. The lowest BCUT2D eigenvalue weighted by Crippen LogP contribution is -2.27. The summed E-state index contributed by atoms with van der Waals surface area (Å²) in [6, 6.07) is 14.6. The van der Waals surface area contributed by atoms with E-state index in [0.717, 1.165) is 11.1 Å². The molecule has 0 bridgehead atoms. The Hall–Kier alpha value is -3.78. The molecule has 4 rings (SSSR count). The Kier molecular flexibility index (Phi) is 6.37. The van der Waals surface area contributed by atoms with Crippen molar-refractivity contribution in [2.24, 2.45) is 0 Å². The summed E-state index contributed by atoms with van der Waals surface area (Å²) in [5, 5.41) is 5.13. The van der Waals surface area contributed by atoms with E-state index in [1.807, 2.05) is 17.5 Å². The van der Waals surface area contributed by atoms with Gasteiger partial charge in [0, 0.05) is 16.6 Å². The van der Waals surface area contributed by atoms with Gasteiger partial charge in [0.2, 0.25) is 5.91 Å². The number of esters is 1. The first-order valence-electron chi connectivity index (χ1n) is 10.4. The van der Waals surface area contributed by atoms with E-state index < -0.39 is 11.9 Å². The van der Waals surface area contributed by atoms with Gasteiger partial charge in [-0.1, -0.05) is 44.2 Å². The highest BCUT2D eigenvalue weighted by molar-refractivity contribution is 7.17. The Labute approximate surface area is 194 Å². The van der Waals surface area contributed by atoms with E-state index >= 15 is 0 Å². The lowest BCUT2D eigenvalue weighted by atomic mass is 9.99. The maximum Gasteiger partial charge on any atom is 0.337 e. The third kappa shape index (κ3) is 4.70. The van der Waals surface area contributed by atoms with Crippen molar-refractivity contribution in [3.05, 3.63) is 81.7 Å². The predicted octanol–water partition coefficient (Wildman–Crippen LogP) is 4.67. The van der Waals surface area contributed by atoms with Crippen LogP contribution in [0.25, 0.3) is 21.3 Å². The highest BCUT2D eigenvalue weighted by Crippen LogP contribution is 2.31. The molecule has 0 aliphatic carbocycles. The molecule has 1 N–H and O–H groups in total. The van der Waals surface area contributed by atoms with Crippen LogP contribution < -0.4 is 10.9 Å². The van der Waals surface area contributed by atoms with Crippen LogP contribution in [-0.2, 0) is 16.1 Å². The molecule has 0 fully saturated rings. The molecule has 7 nitrogen and oxygen atoms in total. The quantitative estimate of drug-likeness (QED) is 0.421. The van der Waals surface area contributed by atoms with Crippen LogP contribution in [0.3, 0.4) is 0 Å². The molecule has 0 unspecified atom stereocenters. The number of benzene rings is 2. The standard InChI is InChI=1S/C25H23N3O4S/c1-15(2)16-7-9-17(10-8-16)20-13-33-23-22(20)24(30)28(14-26-23)12-21(29)27-19-6-4-5-18(11-19)25(31)32-3/h4-11,13-15H,12H2,1-3H3,(H,27,29). The zero-order chi connectivity index (χ0) is 23.5. The number of carbonyl (C=O) groups excluding carboxylic acids is 2. The summed E-state index contributed by atoms with van der Waals surface area (Å²) >= 11 is 1.40. The highest BCUT2D eigenvalue weighted by Gasteiger charge is 2.15. The number of aromatic nitrogens is 2. The SMILES string of the molecule is COC(=O)c1cccc(NC(=O)Cn2cnc3scc(-c4ccc(C(C)C)cc4)c3c2=O)c1. The third-order valence-electron chi connectivity index (χ3n) is 5.33. The number of carbonyl (C=O) groups is 2. The van der Waals surface area contributed by atoms with Crippen molar-refractivity contribution < 1.29 is 14.3 Å². The summed E-state index contributed by atoms with van der Waals surface area (Å²) in [7, 11) is 1.29. The molecule has 2 aromatic heterocycles. The second-order valence-corrected chi connectivity index (χ2v) is 8.76. The zero-order valence-corrected chi connectivity index (χ0v) is 19.3. The van der Waals surface area contributed by atoms with Gasteiger partial charge in [-0.25, -0.2) is 9.78 Å². The number of rotatable bonds is 6. The molecular weight excluding hydrogens is 438 g/mol. The molecule has 168 valence electrons. The lowest BCUT2D eigenvalue weighted by Gasteiger charge is -2.09. The first-order valence-corrected chi connectivity index (χ1v) is 11.3. The van der Waals surface area contributed by atoms with Gasteiger partial charge >= 0.3 is 5.97 Å². The van der Waals surface area contributed by atoms with Gasteiger partial charge in [0.25, 0.3) is 5.56 Å². The average Bonchev–Trinajstić information content (AvgIpc) is 3.25. The number of methoxy groups -OCH3 is 1. The maximum atomic E-state index is 13.2. The van der Waals surface area contributed by atoms with Gasteiger partial charge in [-0.2, -0.15) is 0 Å². The fraction of sp³-hybridized carbons (Fsp3) is 0.200. The minimum absolute atomic E-state index is 0.203. The fourth-order valence-electron chi connectivity index (χ4n) is 3.54. The molecule has 0 atom stereocenters. The smallest absolute Gasteiger partial charge is 0.337 e. The Morgan fingerprint density at radius 1 is 1.15 bits per heavy atom. The molecule has 0 spiro atoms. The van der Waals surface area contributed by atoms with E-state index in [1.165, 1.54) is 41.0 Å². The van der Waals surface area contributed by atoms with E-state index in [9.17, 15) is 14.4 Å². The molecule has 0 saturated carbocycles. The van der Waals surface area contributed by atoms with Crippen molar-refractivity contribution in [2.75, 3.05) is 12.4 Å². The van der Waals surface area contributed by atoms with Crippen LogP contribution >= 0.6 is 11.3 Å². The van der Waals surface area contributed by atoms with Crippen LogP contribution in [0.5, 0.6) is 0 Å². The van der Waals surface area contributed by atoms with Crippen molar-refractivity contribution >= 4 is 39.1 Å². The van der Waals surface area contributed by atoms with E-state index in [0.29, 0.717) is 27.4 Å². The molecular formula is C25H23N3O4S. The van der Waals surface area contributed by atoms with Crippen LogP contribution in [0.4, 0.5) is 5.69 Å².